The summed E-state index contributed by atoms with van der Waals surface area (Å²) in [7, 11) is 0. The van der Waals surface area contributed by atoms with Crippen LogP contribution in [0.15, 0.2) is 28.9 Å². The minimum absolute atomic E-state index is 0.0169. The Bertz CT molecular complexity index is 786. The summed E-state index contributed by atoms with van der Waals surface area (Å²) in [6.45, 7) is 1.66. The van der Waals surface area contributed by atoms with Gasteiger partial charge in [-0.25, -0.2) is 0 Å². The molecule has 104 valence electrons. The number of hydrogen-bond donors (Lipinski definition) is 2. The number of fused-ring (bicyclic) bond motifs is 1. The van der Waals surface area contributed by atoms with Crippen molar-refractivity contribution in [3.05, 3.63) is 35.7 Å². The Kier molecular flexibility index (Phi) is 2.53. The number of alkyl halides is 3. The molecule has 0 radical (unpaired) electrons. The van der Waals surface area contributed by atoms with Gasteiger partial charge in [-0.1, -0.05) is 17.3 Å². The average molecular weight is 281 g/mol. The van der Waals surface area contributed by atoms with Crippen LogP contribution in [0.2, 0.25) is 0 Å². The molecule has 0 aliphatic carbocycles. The molecule has 0 aliphatic heterocycles. The first-order valence-corrected chi connectivity index (χ1v) is 5.78. The van der Waals surface area contributed by atoms with Gasteiger partial charge in [0.15, 0.2) is 5.76 Å². The van der Waals surface area contributed by atoms with E-state index < -0.39 is 11.7 Å². The number of nitrogens with one attached hydrogen (secondary N) is 1. The summed E-state index contributed by atoms with van der Waals surface area (Å²) in [5, 5.41) is 3.96. The Hall–Kier alpha value is -2.44. The van der Waals surface area contributed by atoms with Gasteiger partial charge in [0, 0.05) is 11.1 Å². The third-order valence-electron chi connectivity index (χ3n) is 3.15. The van der Waals surface area contributed by atoms with E-state index in [0.29, 0.717) is 16.6 Å². The lowest BCUT2D eigenvalue weighted by Gasteiger charge is -2.07. The van der Waals surface area contributed by atoms with Crippen LogP contribution in [0.5, 0.6) is 0 Å². The summed E-state index contributed by atoms with van der Waals surface area (Å²) < 4.78 is 44.0. The van der Waals surface area contributed by atoms with E-state index in [4.69, 9.17) is 10.3 Å². The maximum absolute atomic E-state index is 13.0. The Labute approximate surface area is 111 Å². The van der Waals surface area contributed by atoms with Gasteiger partial charge in [0.2, 0.25) is 0 Å². The smallest absolute Gasteiger partial charge is 0.394 e. The van der Waals surface area contributed by atoms with Crippen LogP contribution in [0, 0.1) is 6.92 Å². The quantitative estimate of drug-likeness (QED) is 0.714. The van der Waals surface area contributed by atoms with Crippen LogP contribution in [-0.4, -0.2) is 10.1 Å². The Morgan fingerprint density at radius 3 is 2.65 bits per heavy atom. The third kappa shape index (κ3) is 1.74. The molecule has 0 unspecified atom stereocenters. The molecule has 0 aliphatic rings. The zero-order valence-corrected chi connectivity index (χ0v) is 10.4. The lowest BCUT2D eigenvalue weighted by atomic mass is 10.1. The molecule has 2 heterocycles. The summed E-state index contributed by atoms with van der Waals surface area (Å²) in [5.74, 6) is 0.271. The van der Waals surface area contributed by atoms with E-state index in [1.807, 2.05) is 0 Å². The molecule has 7 heteroatoms. The zero-order valence-electron chi connectivity index (χ0n) is 10.4. The number of aromatic nitrogens is 2. The number of aromatic amines is 1. The van der Waals surface area contributed by atoms with E-state index in [1.54, 1.807) is 13.0 Å². The summed E-state index contributed by atoms with van der Waals surface area (Å²) >= 11 is 0. The lowest BCUT2D eigenvalue weighted by Crippen LogP contribution is -2.05. The molecule has 0 saturated heterocycles. The standard InChI is InChI=1S/C13H10F3N3O/c1-6-10(12-9(17)5-18-20-12)7-3-2-4-8(11(7)19-6)13(14,15)16/h2-5,19H,17H2,1H3. The van der Waals surface area contributed by atoms with Gasteiger partial charge < -0.3 is 15.2 Å². The van der Waals surface area contributed by atoms with Crippen molar-refractivity contribution in [1.82, 2.24) is 10.1 Å². The highest BCUT2D eigenvalue weighted by atomic mass is 19.4. The van der Waals surface area contributed by atoms with Crippen LogP contribution >= 0.6 is 0 Å². The van der Waals surface area contributed by atoms with Gasteiger partial charge in [-0.2, -0.15) is 13.2 Å². The van der Waals surface area contributed by atoms with Gasteiger partial charge in [-0.05, 0) is 13.0 Å². The summed E-state index contributed by atoms with van der Waals surface area (Å²) in [5.41, 5.74) is 6.35. The molecule has 0 atom stereocenters. The topological polar surface area (TPSA) is 67.8 Å². The number of nitrogen functional groups attached to an aromatic ring is 1. The minimum Gasteiger partial charge on any atom is -0.394 e. The fourth-order valence-electron chi connectivity index (χ4n) is 2.31. The number of nitrogens with zero attached hydrogens (tertiary/aromatic N) is 1. The molecule has 0 spiro atoms. The fourth-order valence-corrected chi connectivity index (χ4v) is 2.31. The van der Waals surface area contributed by atoms with Gasteiger partial charge in [-0.3, -0.25) is 0 Å². The predicted octanol–water partition coefficient (Wildman–Crippen LogP) is 3.73. The van der Waals surface area contributed by atoms with E-state index in [2.05, 4.69) is 10.1 Å². The molecular formula is C13H10F3N3O. The number of H-pyrrole nitrogens is 1. The number of anilines is 1. The summed E-state index contributed by atoms with van der Waals surface area (Å²) in [6, 6.07) is 3.98. The number of benzene rings is 1. The molecule has 20 heavy (non-hydrogen) atoms. The second kappa shape index (κ2) is 4.03. The van der Waals surface area contributed by atoms with Crippen LogP contribution in [0.1, 0.15) is 11.3 Å². The molecule has 3 rings (SSSR count). The molecule has 0 amide bonds. The highest BCUT2D eigenvalue weighted by molar-refractivity contribution is 5.99. The molecule has 0 fully saturated rings. The van der Waals surface area contributed by atoms with Gasteiger partial charge >= 0.3 is 6.18 Å². The van der Waals surface area contributed by atoms with Crippen molar-refractivity contribution in [2.75, 3.05) is 5.73 Å². The minimum atomic E-state index is -4.43. The van der Waals surface area contributed by atoms with E-state index in [-0.39, 0.29) is 17.0 Å². The van der Waals surface area contributed by atoms with E-state index >= 15 is 0 Å². The first kappa shape index (κ1) is 12.6. The second-order valence-corrected chi connectivity index (χ2v) is 4.46. The number of halogens is 3. The lowest BCUT2D eigenvalue weighted by molar-refractivity contribution is -0.136. The Balaban J connectivity index is 2.37. The number of para-hydroxylation sites is 1. The average Bonchev–Trinajstić information content (AvgIpc) is 2.89. The van der Waals surface area contributed by atoms with E-state index in [1.165, 1.54) is 12.3 Å². The first-order valence-electron chi connectivity index (χ1n) is 5.78. The van der Waals surface area contributed by atoms with Gasteiger partial charge in [0.25, 0.3) is 0 Å². The molecule has 2 aromatic heterocycles. The van der Waals surface area contributed by atoms with Crippen LogP contribution in [0.4, 0.5) is 18.9 Å². The summed E-state index contributed by atoms with van der Waals surface area (Å²) in [6.07, 6.45) is -3.11. The van der Waals surface area contributed by atoms with Crippen molar-refractivity contribution in [3.63, 3.8) is 0 Å². The number of aryl methyl sites for hydroxylation is 1. The van der Waals surface area contributed by atoms with Crippen LogP contribution in [0.25, 0.3) is 22.2 Å². The number of rotatable bonds is 1. The maximum atomic E-state index is 13.0. The largest absolute Gasteiger partial charge is 0.418 e. The molecule has 3 aromatic rings. The van der Waals surface area contributed by atoms with Crippen molar-refractivity contribution < 1.29 is 17.7 Å². The van der Waals surface area contributed by atoms with E-state index in [9.17, 15) is 13.2 Å². The fraction of sp³-hybridized carbons (Fsp3) is 0.154. The van der Waals surface area contributed by atoms with Crippen LogP contribution < -0.4 is 5.73 Å². The highest BCUT2D eigenvalue weighted by Crippen LogP contribution is 2.40. The predicted molar refractivity (Wildman–Crippen MR) is 67.9 cm³/mol. The molecular weight excluding hydrogens is 271 g/mol. The molecule has 0 bridgehead atoms. The zero-order chi connectivity index (χ0) is 14.5. The first-order chi connectivity index (χ1) is 9.39. The van der Waals surface area contributed by atoms with Crippen LogP contribution in [0.3, 0.4) is 0 Å². The summed E-state index contributed by atoms with van der Waals surface area (Å²) in [4.78, 5) is 2.75. The number of hydrogen-bond acceptors (Lipinski definition) is 3. The molecule has 0 saturated carbocycles. The molecule has 1 aromatic carbocycles. The maximum Gasteiger partial charge on any atom is 0.418 e. The Morgan fingerprint density at radius 1 is 1.30 bits per heavy atom. The SMILES string of the molecule is Cc1[nH]c2c(C(F)(F)F)cccc2c1-c1oncc1N. The van der Waals surface area contributed by atoms with Crippen molar-refractivity contribution in [2.24, 2.45) is 0 Å². The van der Waals surface area contributed by atoms with E-state index in [0.717, 1.165) is 6.07 Å². The van der Waals surface area contributed by atoms with Crippen molar-refractivity contribution in [3.8, 4) is 11.3 Å². The molecule has 4 nitrogen and oxygen atoms in total. The van der Waals surface area contributed by atoms with Crippen molar-refractivity contribution >= 4 is 16.6 Å². The third-order valence-corrected chi connectivity index (χ3v) is 3.15. The highest BCUT2D eigenvalue weighted by Gasteiger charge is 2.34. The van der Waals surface area contributed by atoms with Crippen molar-refractivity contribution in [2.45, 2.75) is 13.1 Å². The van der Waals surface area contributed by atoms with Gasteiger partial charge in [-0.15, -0.1) is 0 Å². The normalized spacial score (nSPS) is 12.2. The van der Waals surface area contributed by atoms with Gasteiger partial charge in [0.1, 0.15) is 5.69 Å². The second-order valence-electron chi connectivity index (χ2n) is 4.46. The Morgan fingerprint density at radius 2 is 2.05 bits per heavy atom. The monoisotopic (exact) mass is 281 g/mol. The van der Waals surface area contributed by atoms with Crippen LogP contribution in [-0.2, 0) is 6.18 Å². The number of nitrogens with two attached hydrogens (primary N) is 1. The molecule has 3 N–H and O–H groups in total. The van der Waals surface area contributed by atoms with Gasteiger partial charge in [0.05, 0.1) is 22.8 Å². The van der Waals surface area contributed by atoms with Crippen molar-refractivity contribution in [1.29, 1.82) is 0 Å².